The third-order valence-electron chi connectivity index (χ3n) is 3.97. The Morgan fingerprint density at radius 1 is 1.33 bits per heavy atom. The number of hydrogen-bond acceptors (Lipinski definition) is 3. The fourth-order valence-corrected chi connectivity index (χ4v) is 2.60. The number of nitrogens with one attached hydrogen (secondary N) is 1. The van der Waals surface area contributed by atoms with Gasteiger partial charge in [0.1, 0.15) is 0 Å². The molecule has 0 saturated carbocycles. The van der Waals surface area contributed by atoms with Crippen LogP contribution in [0.15, 0.2) is 43.0 Å². The SMILES string of the molecule is C[C@H]1CNC(=O)CCN1Cc1ccc(-n2ccnc2)cc1. The molecule has 0 spiro atoms. The number of hydrogen-bond donors (Lipinski definition) is 1. The van der Waals surface area contributed by atoms with Gasteiger partial charge in [0.15, 0.2) is 0 Å². The minimum Gasteiger partial charge on any atom is -0.355 e. The number of amides is 1. The Hall–Kier alpha value is -2.14. The number of carbonyl (C=O) groups is 1. The van der Waals surface area contributed by atoms with E-state index in [4.69, 9.17) is 0 Å². The van der Waals surface area contributed by atoms with Crippen molar-refractivity contribution in [3.05, 3.63) is 48.5 Å². The second kappa shape index (κ2) is 6.10. The van der Waals surface area contributed by atoms with Gasteiger partial charge in [0.25, 0.3) is 0 Å². The number of imidazole rings is 1. The van der Waals surface area contributed by atoms with E-state index in [1.54, 1.807) is 12.5 Å². The summed E-state index contributed by atoms with van der Waals surface area (Å²) < 4.78 is 1.99. The molecule has 0 bridgehead atoms. The highest BCUT2D eigenvalue weighted by molar-refractivity contribution is 5.76. The molecule has 1 N–H and O–H groups in total. The van der Waals surface area contributed by atoms with Crippen LogP contribution in [-0.4, -0.2) is 39.5 Å². The summed E-state index contributed by atoms with van der Waals surface area (Å²) in [5.74, 6) is 0.153. The molecule has 110 valence electrons. The van der Waals surface area contributed by atoms with Crippen LogP contribution in [0.5, 0.6) is 0 Å². The molecule has 1 fully saturated rings. The van der Waals surface area contributed by atoms with Crippen molar-refractivity contribution in [3.8, 4) is 5.69 Å². The monoisotopic (exact) mass is 284 g/mol. The molecule has 1 aromatic carbocycles. The van der Waals surface area contributed by atoms with Gasteiger partial charge in [0.05, 0.1) is 6.33 Å². The Morgan fingerprint density at radius 3 is 2.86 bits per heavy atom. The van der Waals surface area contributed by atoms with E-state index in [0.29, 0.717) is 12.5 Å². The van der Waals surface area contributed by atoms with E-state index in [9.17, 15) is 4.79 Å². The van der Waals surface area contributed by atoms with Gasteiger partial charge >= 0.3 is 0 Å². The summed E-state index contributed by atoms with van der Waals surface area (Å²) in [6, 6.07) is 8.85. The lowest BCUT2D eigenvalue weighted by molar-refractivity contribution is -0.120. The molecule has 1 aromatic heterocycles. The van der Waals surface area contributed by atoms with Crippen LogP contribution in [0.4, 0.5) is 0 Å². The fraction of sp³-hybridized carbons (Fsp3) is 0.375. The molecule has 0 aliphatic carbocycles. The predicted octanol–water partition coefficient (Wildman–Crippen LogP) is 1.58. The zero-order chi connectivity index (χ0) is 14.7. The van der Waals surface area contributed by atoms with Crippen molar-refractivity contribution in [3.63, 3.8) is 0 Å². The lowest BCUT2D eigenvalue weighted by atomic mass is 10.1. The molecule has 1 atom stereocenters. The smallest absolute Gasteiger partial charge is 0.221 e. The van der Waals surface area contributed by atoms with E-state index in [1.165, 1.54) is 5.56 Å². The van der Waals surface area contributed by atoms with Crippen molar-refractivity contribution in [2.45, 2.75) is 25.9 Å². The molecule has 21 heavy (non-hydrogen) atoms. The normalized spacial score (nSPS) is 20.0. The summed E-state index contributed by atoms with van der Waals surface area (Å²) >= 11 is 0. The minimum absolute atomic E-state index is 0.153. The highest BCUT2D eigenvalue weighted by atomic mass is 16.1. The Bertz CT molecular complexity index is 591. The highest BCUT2D eigenvalue weighted by Gasteiger charge is 2.19. The first-order valence-corrected chi connectivity index (χ1v) is 7.30. The number of aromatic nitrogens is 2. The van der Waals surface area contributed by atoms with E-state index < -0.39 is 0 Å². The van der Waals surface area contributed by atoms with Crippen LogP contribution in [0.3, 0.4) is 0 Å². The van der Waals surface area contributed by atoms with Gasteiger partial charge in [-0.15, -0.1) is 0 Å². The number of rotatable bonds is 3. The van der Waals surface area contributed by atoms with Crippen molar-refractivity contribution < 1.29 is 4.79 Å². The third-order valence-corrected chi connectivity index (χ3v) is 3.97. The average Bonchev–Trinajstić information content (AvgIpc) is 2.99. The maximum Gasteiger partial charge on any atom is 0.221 e. The Kier molecular flexibility index (Phi) is 4.01. The van der Waals surface area contributed by atoms with Crippen LogP contribution in [0, 0.1) is 0 Å². The van der Waals surface area contributed by atoms with Crippen LogP contribution in [0.25, 0.3) is 5.69 Å². The van der Waals surface area contributed by atoms with Gasteiger partial charge in [-0.25, -0.2) is 4.98 Å². The summed E-state index contributed by atoms with van der Waals surface area (Å²) in [6.45, 7) is 4.58. The minimum atomic E-state index is 0.153. The van der Waals surface area contributed by atoms with Crippen LogP contribution in [-0.2, 0) is 11.3 Å². The molecule has 1 aliphatic rings. The van der Waals surface area contributed by atoms with Crippen LogP contribution >= 0.6 is 0 Å². The van der Waals surface area contributed by atoms with Crippen molar-refractivity contribution in [1.29, 1.82) is 0 Å². The first-order chi connectivity index (χ1) is 10.2. The van der Waals surface area contributed by atoms with Gasteiger partial charge < -0.3 is 9.88 Å². The van der Waals surface area contributed by atoms with Gasteiger partial charge in [-0.3, -0.25) is 9.69 Å². The van der Waals surface area contributed by atoms with E-state index in [0.717, 1.165) is 25.3 Å². The second-order valence-corrected chi connectivity index (χ2v) is 5.51. The zero-order valence-corrected chi connectivity index (χ0v) is 12.2. The molecule has 5 heteroatoms. The van der Waals surface area contributed by atoms with Gasteiger partial charge in [-0.05, 0) is 24.6 Å². The third kappa shape index (κ3) is 3.31. The molecule has 0 unspecified atom stereocenters. The predicted molar refractivity (Wildman–Crippen MR) is 81.1 cm³/mol. The molecule has 5 nitrogen and oxygen atoms in total. The Balaban J connectivity index is 1.68. The molecule has 1 amide bonds. The van der Waals surface area contributed by atoms with E-state index in [-0.39, 0.29) is 5.91 Å². The largest absolute Gasteiger partial charge is 0.355 e. The summed E-state index contributed by atoms with van der Waals surface area (Å²) in [5, 5.41) is 2.95. The van der Waals surface area contributed by atoms with Gasteiger partial charge in [0, 0.05) is 50.2 Å². The summed E-state index contributed by atoms with van der Waals surface area (Å²) in [7, 11) is 0. The van der Waals surface area contributed by atoms with E-state index in [2.05, 4.69) is 46.4 Å². The van der Waals surface area contributed by atoms with Crippen molar-refractivity contribution in [1.82, 2.24) is 19.8 Å². The Labute approximate surface area is 124 Å². The first kappa shape index (κ1) is 13.8. The molecular formula is C16H20N4O. The van der Waals surface area contributed by atoms with Gasteiger partial charge in [-0.2, -0.15) is 0 Å². The van der Waals surface area contributed by atoms with Crippen molar-refractivity contribution in [2.75, 3.05) is 13.1 Å². The van der Waals surface area contributed by atoms with Crippen molar-refractivity contribution >= 4 is 5.91 Å². The first-order valence-electron chi connectivity index (χ1n) is 7.30. The molecule has 1 saturated heterocycles. The molecule has 1 aliphatic heterocycles. The number of nitrogens with zero attached hydrogens (tertiary/aromatic N) is 3. The van der Waals surface area contributed by atoms with Gasteiger partial charge in [-0.1, -0.05) is 12.1 Å². The molecular weight excluding hydrogens is 264 g/mol. The zero-order valence-electron chi connectivity index (χ0n) is 12.2. The summed E-state index contributed by atoms with van der Waals surface area (Å²) in [5.41, 5.74) is 2.37. The van der Waals surface area contributed by atoms with Crippen LogP contribution in [0.1, 0.15) is 18.9 Å². The molecule has 2 heterocycles. The van der Waals surface area contributed by atoms with Crippen LogP contribution < -0.4 is 5.32 Å². The summed E-state index contributed by atoms with van der Waals surface area (Å²) in [6.07, 6.45) is 6.08. The maximum atomic E-state index is 11.5. The lowest BCUT2D eigenvalue weighted by Gasteiger charge is -2.26. The van der Waals surface area contributed by atoms with Crippen molar-refractivity contribution in [2.24, 2.45) is 0 Å². The quantitative estimate of drug-likeness (QED) is 0.931. The lowest BCUT2D eigenvalue weighted by Crippen LogP contribution is -2.37. The van der Waals surface area contributed by atoms with E-state index >= 15 is 0 Å². The van der Waals surface area contributed by atoms with E-state index in [1.807, 2.05) is 10.8 Å². The summed E-state index contributed by atoms with van der Waals surface area (Å²) in [4.78, 5) is 17.9. The fourth-order valence-electron chi connectivity index (χ4n) is 2.60. The standard InChI is InChI=1S/C16H20N4O/c1-13-10-18-16(21)6-8-19(13)11-14-2-4-15(5-3-14)20-9-7-17-12-20/h2-5,7,9,12-13H,6,8,10-11H2,1H3,(H,18,21)/t13-/m0/s1. The number of carbonyl (C=O) groups excluding carboxylic acids is 1. The second-order valence-electron chi connectivity index (χ2n) is 5.51. The molecule has 0 radical (unpaired) electrons. The topological polar surface area (TPSA) is 50.2 Å². The van der Waals surface area contributed by atoms with Crippen LogP contribution in [0.2, 0.25) is 0 Å². The molecule has 3 rings (SSSR count). The number of benzene rings is 1. The maximum absolute atomic E-state index is 11.5. The molecule has 2 aromatic rings. The van der Waals surface area contributed by atoms with Gasteiger partial charge in [0.2, 0.25) is 5.91 Å². The average molecular weight is 284 g/mol. The highest BCUT2D eigenvalue weighted by Crippen LogP contribution is 2.14. The Morgan fingerprint density at radius 2 is 2.14 bits per heavy atom.